The van der Waals surface area contributed by atoms with Gasteiger partial charge in [-0.2, -0.15) is 13.2 Å². The fourth-order valence-corrected chi connectivity index (χ4v) is 1.41. The van der Waals surface area contributed by atoms with E-state index < -0.39 is 24.5 Å². The predicted molar refractivity (Wildman–Crippen MR) is 55.5 cm³/mol. The van der Waals surface area contributed by atoms with Crippen molar-refractivity contribution in [2.45, 2.75) is 39.0 Å². The van der Waals surface area contributed by atoms with Gasteiger partial charge in [0.1, 0.15) is 0 Å². The number of hydrogen-bond acceptors (Lipinski definition) is 3. The van der Waals surface area contributed by atoms with Crippen LogP contribution in [0.1, 0.15) is 27.2 Å². The summed E-state index contributed by atoms with van der Waals surface area (Å²) in [4.78, 5) is 10.9. The Hall–Kier alpha value is -0.980. The molecule has 0 saturated carbocycles. The van der Waals surface area contributed by atoms with Crippen molar-refractivity contribution in [1.82, 2.24) is 5.32 Å². The fourth-order valence-electron chi connectivity index (χ4n) is 1.41. The second-order valence-electron chi connectivity index (χ2n) is 4.64. The minimum atomic E-state index is -4.54. The molecule has 17 heavy (non-hydrogen) atoms. The largest absolute Gasteiger partial charge is 0.440 e. The van der Waals surface area contributed by atoms with Crippen LogP contribution in [0.25, 0.3) is 0 Å². The first-order valence-electron chi connectivity index (χ1n) is 5.21. The molecule has 2 N–H and O–H groups in total. The van der Waals surface area contributed by atoms with E-state index in [1.54, 1.807) is 0 Å². The summed E-state index contributed by atoms with van der Waals surface area (Å²) >= 11 is 0. The van der Waals surface area contributed by atoms with Gasteiger partial charge in [0.2, 0.25) is 0 Å². The SMILES string of the molecule is CC(C)CC(C)(O)CNC(=O)OCC(F)(F)F. The lowest BCUT2D eigenvalue weighted by molar-refractivity contribution is -0.160. The van der Waals surface area contributed by atoms with Gasteiger partial charge < -0.3 is 15.2 Å². The van der Waals surface area contributed by atoms with Gasteiger partial charge in [0.15, 0.2) is 6.61 Å². The Morgan fingerprint density at radius 1 is 1.41 bits per heavy atom. The molecule has 0 aromatic rings. The molecule has 0 radical (unpaired) electrons. The van der Waals surface area contributed by atoms with E-state index >= 15 is 0 Å². The maximum atomic E-state index is 11.7. The van der Waals surface area contributed by atoms with Crippen LogP contribution in [-0.4, -0.2) is 36.1 Å². The van der Waals surface area contributed by atoms with E-state index in [4.69, 9.17) is 0 Å². The second kappa shape index (κ2) is 6.09. The van der Waals surface area contributed by atoms with Gasteiger partial charge in [-0.25, -0.2) is 4.79 Å². The lowest BCUT2D eigenvalue weighted by Crippen LogP contribution is -2.42. The molecule has 4 nitrogen and oxygen atoms in total. The summed E-state index contributed by atoms with van der Waals surface area (Å²) in [7, 11) is 0. The molecule has 1 amide bonds. The number of rotatable bonds is 5. The normalized spacial score (nSPS) is 15.5. The van der Waals surface area contributed by atoms with Gasteiger partial charge in [0.05, 0.1) is 5.60 Å². The maximum Gasteiger partial charge on any atom is 0.422 e. The zero-order chi connectivity index (χ0) is 13.7. The van der Waals surface area contributed by atoms with Crippen LogP contribution in [0.15, 0.2) is 0 Å². The van der Waals surface area contributed by atoms with Crippen LogP contribution in [0.5, 0.6) is 0 Å². The van der Waals surface area contributed by atoms with Crippen molar-refractivity contribution in [3.8, 4) is 0 Å². The lowest BCUT2D eigenvalue weighted by Gasteiger charge is -2.25. The molecule has 0 rings (SSSR count). The highest BCUT2D eigenvalue weighted by Gasteiger charge is 2.30. The van der Waals surface area contributed by atoms with Crippen LogP contribution in [0.2, 0.25) is 0 Å². The second-order valence-corrected chi connectivity index (χ2v) is 4.64. The van der Waals surface area contributed by atoms with Gasteiger partial charge in [-0.1, -0.05) is 13.8 Å². The van der Waals surface area contributed by atoms with Crippen molar-refractivity contribution in [1.29, 1.82) is 0 Å². The van der Waals surface area contributed by atoms with Crippen LogP contribution in [0.3, 0.4) is 0 Å². The Morgan fingerprint density at radius 2 is 1.94 bits per heavy atom. The molecule has 0 aliphatic rings. The van der Waals surface area contributed by atoms with Crippen LogP contribution < -0.4 is 5.32 Å². The fraction of sp³-hybridized carbons (Fsp3) is 0.900. The molecular formula is C10H18F3NO3. The Balaban J connectivity index is 3.91. The number of carbonyl (C=O) groups excluding carboxylic acids is 1. The van der Waals surface area contributed by atoms with E-state index in [9.17, 15) is 23.1 Å². The Kier molecular flexibility index (Phi) is 5.74. The van der Waals surface area contributed by atoms with Crippen molar-refractivity contribution in [2.75, 3.05) is 13.2 Å². The molecule has 102 valence electrons. The van der Waals surface area contributed by atoms with Crippen LogP contribution >= 0.6 is 0 Å². The highest BCUT2D eigenvalue weighted by atomic mass is 19.4. The number of nitrogens with one attached hydrogen (secondary N) is 1. The summed E-state index contributed by atoms with van der Waals surface area (Å²) in [6.07, 6.45) is -5.31. The van der Waals surface area contributed by atoms with E-state index in [0.29, 0.717) is 6.42 Å². The topological polar surface area (TPSA) is 58.6 Å². The molecule has 0 aliphatic carbocycles. The first-order chi connectivity index (χ1) is 7.52. The molecule has 0 aromatic heterocycles. The van der Waals surface area contributed by atoms with Gasteiger partial charge in [-0.15, -0.1) is 0 Å². The van der Waals surface area contributed by atoms with Crippen molar-refractivity contribution in [3.63, 3.8) is 0 Å². The Bertz CT molecular complexity index is 252. The highest BCUT2D eigenvalue weighted by Crippen LogP contribution is 2.16. The molecule has 0 spiro atoms. The first kappa shape index (κ1) is 16.0. The number of halogens is 3. The summed E-state index contributed by atoms with van der Waals surface area (Å²) in [6.45, 7) is 3.48. The number of carbonyl (C=O) groups is 1. The van der Waals surface area contributed by atoms with Gasteiger partial charge in [-0.3, -0.25) is 0 Å². The van der Waals surface area contributed by atoms with E-state index in [1.807, 2.05) is 13.8 Å². The molecule has 1 atom stereocenters. The average molecular weight is 257 g/mol. The Labute approximate surface area is 98.1 Å². The quantitative estimate of drug-likeness (QED) is 0.792. The maximum absolute atomic E-state index is 11.7. The zero-order valence-corrected chi connectivity index (χ0v) is 10.1. The molecule has 0 fully saturated rings. The summed E-state index contributed by atoms with van der Waals surface area (Å²) < 4.78 is 39.0. The van der Waals surface area contributed by atoms with E-state index in [2.05, 4.69) is 10.1 Å². The smallest absolute Gasteiger partial charge is 0.422 e. The summed E-state index contributed by atoms with van der Waals surface area (Å²) in [5.41, 5.74) is -1.16. The van der Waals surface area contributed by atoms with Gasteiger partial charge in [0.25, 0.3) is 0 Å². The van der Waals surface area contributed by atoms with E-state index in [0.717, 1.165) is 0 Å². The minimum absolute atomic E-state index is 0.151. The van der Waals surface area contributed by atoms with Gasteiger partial charge in [-0.05, 0) is 19.3 Å². The van der Waals surface area contributed by atoms with Crippen LogP contribution in [-0.2, 0) is 4.74 Å². The van der Waals surface area contributed by atoms with Gasteiger partial charge >= 0.3 is 12.3 Å². The number of ether oxygens (including phenoxy) is 1. The Morgan fingerprint density at radius 3 is 2.35 bits per heavy atom. The third kappa shape index (κ3) is 9.92. The molecular weight excluding hydrogens is 239 g/mol. The lowest BCUT2D eigenvalue weighted by atomic mass is 9.94. The number of amides is 1. The molecule has 0 aromatic carbocycles. The van der Waals surface area contributed by atoms with E-state index in [1.165, 1.54) is 6.92 Å². The van der Waals surface area contributed by atoms with Gasteiger partial charge in [0, 0.05) is 6.54 Å². The van der Waals surface area contributed by atoms with E-state index in [-0.39, 0.29) is 12.5 Å². The minimum Gasteiger partial charge on any atom is -0.440 e. The summed E-state index contributed by atoms with van der Waals surface area (Å²) in [5, 5.41) is 11.9. The molecule has 0 bridgehead atoms. The standard InChI is InChI=1S/C10H18F3NO3/c1-7(2)4-9(3,16)5-14-8(15)17-6-10(11,12)13/h7,16H,4-6H2,1-3H3,(H,14,15). The molecule has 0 saturated heterocycles. The third-order valence-corrected chi connectivity index (χ3v) is 1.83. The third-order valence-electron chi connectivity index (χ3n) is 1.83. The molecule has 0 heterocycles. The van der Waals surface area contributed by atoms with Crippen molar-refractivity contribution >= 4 is 6.09 Å². The summed E-state index contributed by atoms with van der Waals surface area (Å²) in [5.74, 6) is 0.206. The number of hydrogen-bond donors (Lipinski definition) is 2. The number of alkyl carbamates (subject to hydrolysis) is 1. The average Bonchev–Trinajstić information content (AvgIpc) is 2.08. The first-order valence-corrected chi connectivity index (χ1v) is 5.21. The molecule has 0 aliphatic heterocycles. The zero-order valence-electron chi connectivity index (χ0n) is 10.1. The summed E-state index contributed by atoms with van der Waals surface area (Å²) in [6, 6.07) is 0. The number of alkyl halides is 3. The van der Waals surface area contributed by atoms with Crippen molar-refractivity contribution < 1.29 is 27.8 Å². The molecule has 1 unspecified atom stereocenters. The number of aliphatic hydroxyl groups is 1. The van der Waals surface area contributed by atoms with Crippen LogP contribution in [0, 0.1) is 5.92 Å². The van der Waals surface area contributed by atoms with Crippen LogP contribution in [0.4, 0.5) is 18.0 Å². The monoisotopic (exact) mass is 257 g/mol. The van der Waals surface area contributed by atoms with Crippen molar-refractivity contribution in [2.24, 2.45) is 5.92 Å². The van der Waals surface area contributed by atoms with Crippen molar-refractivity contribution in [3.05, 3.63) is 0 Å². The highest BCUT2D eigenvalue weighted by molar-refractivity contribution is 5.67. The molecule has 7 heteroatoms. The predicted octanol–water partition coefficient (Wildman–Crippen LogP) is 2.07.